The van der Waals surface area contributed by atoms with E-state index in [9.17, 15) is 0 Å². The zero-order chi connectivity index (χ0) is 18.1. The summed E-state index contributed by atoms with van der Waals surface area (Å²) in [6, 6.07) is 10.8. The molecule has 1 aliphatic rings. The van der Waals surface area contributed by atoms with Crippen LogP contribution in [0.15, 0.2) is 47.7 Å². The van der Waals surface area contributed by atoms with Gasteiger partial charge in [-0.2, -0.15) is 10.2 Å². The second-order valence-electron chi connectivity index (χ2n) is 7.11. The van der Waals surface area contributed by atoms with Crippen LogP contribution in [0.4, 0.5) is 0 Å². The zero-order valence-corrected chi connectivity index (χ0v) is 15.7. The molecule has 0 aliphatic carbocycles. The smallest absolute Gasteiger partial charge is 0.0949 e. The molecular formula is C21H26N4. The van der Waals surface area contributed by atoms with Gasteiger partial charge < -0.3 is 0 Å². The van der Waals surface area contributed by atoms with E-state index >= 15 is 0 Å². The van der Waals surface area contributed by atoms with Gasteiger partial charge in [0.25, 0.3) is 0 Å². The van der Waals surface area contributed by atoms with E-state index in [0.717, 1.165) is 40.3 Å². The van der Waals surface area contributed by atoms with Crippen LogP contribution in [-0.4, -0.2) is 28.1 Å². The van der Waals surface area contributed by atoms with Gasteiger partial charge in [-0.05, 0) is 43.4 Å². The minimum absolute atomic E-state index is 0.651. The third-order valence-corrected chi connectivity index (χ3v) is 4.41. The second-order valence-corrected chi connectivity index (χ2v) is 7.11. The summed E-state index contributed by atoms with van der Waals surface area (Å²) < 4.78 is 1.95. The summed E-state index contributed by atoms with van der Waals surface area (Å²) in [6.07, 6.45) is 2.96. The highest BCUT2D eigenvalue weighted by Crippen LogP contribution is 2.33. The molecule has 0 atom stereocenters. The summed E-state index contributed by atoms with van der Waals surface area (Å²) in [5, 5.41) is 10.9. The van der Waals surface area contributed by atoms with Crippen molar-refractivity contribution in [2.75, 3.05) is 7.05 Å². The molecule has 4 heteroatoms. The average Bonchev–Trinajstić information content (AvgIpc) is 2.89. The summed E-state index contributed by atoms with van der Waals surface area (Å²) in [5.74, 6) is 0.651. The number of hydrogen-bond acceptors (Lipinski definition) is 3. The standard InChI is InChI=1S/C21H26N4/c1-14(2)11-18-7-9-19(10-8-18)21-17(5)24(6)22-13-20(21)25-16(4)12-15(3)23-25/h7-10,12-14H,5,11H2,1-4,6H3. The van der Waals surface area contributed by atoms with Crippen LogP contribution in [0.1, 0.15) is 36.4 Å². The Hall–Kier alpha value is -2.62. The maximum atomic E-state index is 4.63. The van der Waals surface area contributed by atoms with E-state index in [0.29, 0.717) is 5.92 Å². The lowest BCUT2D eigenvalue weighted by Crippen LogP contribution is -2.20. The normalized spacial score (nSPS) is 14.8. The van der Waals surface area contributed by atoms with E-state index in [1.54, 1.807) is 0 Å². The van der Waals surface area contributed by atoms with Gasteiger partial charge in [0.15, 0.2) is 0 Å². The molecular weight excluding hydrogens is 308 g/mol. The summed E-state index contributed by atoms with van der Waals surface area (Å²) in [5.41, 5.74) is 7.49. The summed E-state index contributed by atoms with van der Waals surface area (Å²) in [4.78, 5) is 0. The first kappa shape index (κ1) is 17.2. The van der Waals surface area contributed by atoms with E-state index < -0.39 is 0 Å². The van der Waals surface area contributed by atoms with Crippen LogP contribution in [0.3, 0.4) is 0 Å². The predicted molar refractivity (Wildman–Crippen MR) is 105 cm³/mol. The van der Waals surface area contributed by atoms with Crippen molar-refractivity contribution in [1.82, 2.24) is 14.8 Å². The molecule has 0 saturated heterocycles. The topological polar surface area (TPSA) is 33.4 Å². The third-order valence-electron chi connectivity index (χ3n) is 4.41. The van der Waals surface area contributed by atoms with E-state index in [2.05, 4.69) is 67.9 Å². The van der Waals surface area contributed by atoms with E-state index in [-0.39, 0.29) is 0 Å². The second kappa shape index (κ2) is 6.71. The summed E-state index contributed by atoms with van der Waals surface area (Å²) in [6.45, 7) is 12.8. The minimum Gasteiger partial charge on any atom is -0.268 e. The Kier molecular flexibility index (Phi) is 4.62. The molecule has 0 bridgehead atoms. The van der Waals surface area contributed by atoms with Crippen LogP contribution in [0.25, 0.3) is 11.3 Å². The number of aromatic nitrogens is 2. The molecule has 25 heavy (non-hydrogen) atoms. The van der Waals surface area contributed by atoms with Crippen LogP contribution in [0, 0.1) is 19.8 Å². The molecule has 0 fully saturated rings. The van der Waals surface area contributed by atoms with Crippen LogP contribution in [0.2, 0.25) is 0 Å². The fourth-order valence-electron chi connectivity index (χ4n) is 3.21. The van der Waals surface area contributed by atoms with Gasteiger partial charge in [0.2, 0.25) is 0 Å². The lowest BCUT2D eigenvalue weighted by Gasteiger charge is -2.26. The SMILES string of the molecule is C=C1C(c2ccc(CC(C)C)cc2)=C(n2nc(C)cc2C)C=NN1C. The first-order chi connectivity index (χ1) is 11.9. The maximum Gasteiger partial charge on any atom is 0.0949 e. The number of nitrogens with zero attached hydrogens (tertiary/aromatic N) is 4. The molecule has 0 spiro atoms. The number of rotatable bonds is 4. The van der Waals surface area contributed by atoms with Crippen molar-refractivity contribution < 1.29 is 0 Å². The predicted octanol–water partition coefficient (Wildman–Crippen LogP) is 4.51. The van der Waals surface area contributed by atoms with Gasteiger partial charge in [0.1, 0.15) is 0 Å². The molecule has 3 rings (SSSR count). The number of benzene rings is 1. The quantitative estimate of drug-likeness (QED) is 0.824. The Balaban J connectivity index is 2.11. The third kappa shape index (κ3) is 3.43. The molecule has 130 valence electrons. The van der Waals surface area contributed by atoms with Gasteiger partial charge in [-0.25, -0.2) is 4.68 Å². The van der Waals surface area contributed by atoms with Crippen LogP contribution >= 0.6 is 0 Å². The molecule has 1 aromatic heterocycles. The van der Waals surface area contributed by atoms with Gasteiger partial charge in [0, 0.05) is 18.3 Å². The lowest BCUT2D eigenvalue weighted by molar-refractivity contribution is 0.466. The molecule has 2 heterocycles. The number of aryl methyl sites for hydroxylation is 2. The van der Waals surface area contributed by atoms with Crippen molar-refractivity contribution in [2.45, 2.75) is 34.1 Å². The first-order valence-electron chi connectivity index (χ1n) is 8.71. The van der Waals surface area contributed by atoms with Gasteiger partial charge in [-0.1, -0.05) is 44.7 Å². The number of hydrogen-bond donors (Lipinski definition) is 0. The molecule has 0 N–H and O–H groups in total. The molecule has 0 radical (unpaired) electrons. The van der Waals surface area contributed by atoms with E-state index in [1.807, 2.05) is 29.9 Å². The molecule has 1 aliphatic heterocycles. The number of allylic oxidation sites excluding steroid dienone is 2. The molecule has 1 aromatic carbocycles. The minimum atomic E-state index is 0.651. The highest BCUT2D eigenvalue weighted by atomic mass is 15.5. The number of likely N-dealkylation sites (N-methyl/N-ethyl adjacent to an activating group) is 1. The van der Waals surface area contributed by atoms with Crippen molar-refractivity contribution in [2.24, 2.45) is 11.0 Å². The van der Waals surface area contributed by atoms with Crippen molar-refractivity contribution >= 4 is 17.5 Å². The highest BCUT2D eigenvalue weighted by Gasteiger charge is 2.21. The molecule has 0 amide bonds. The Bertz CT molecular complexity index is 851. The van der Waals surface area contributed by atoms with Crippen LogP contribution in [0.5, 0.6) is 0 Å². The largest absolute Gasteiger partial charge is 0.268 e. The Morgan fingerprint density at radius 3 is 2.36 bits per heavy atom. The zero-order valence-electron chi connectivity index (χ0n) is 15.7. The molecule has 0 saturated carbocycles. The monoisotopic (exact) mass is 334 g/mol. The summed E-state index contributed by atoms with van der Waals surface area (Å²) >= 11 is 0. The molecule has 0 unspecified atom stereocenters. The maximum absolute atomic E-state index is 4.63. The first-order valence-corrected chi connectivity index (χ1v) is 8.71. The fourth-order valence-corrected chi connectivity index (χ4v) is 3.21. The lowest BCUT2D eigenvalue weighted by atomic mass is 9.96. The average molecular weight is 334 g/mol. The molecule has 2 aromatic rings. The van der Waals surface area contributed by atoms with Crippen molar-refractivity contribution in [3.8, 4) is 0 Å². The Labute approximate surface area is 150 Å². The van der Waals surface area contributed by atoms with Gasteiger partial charge >= 0.3 is 0 Å². The van der Waals surface area contributed by atoms with Gasteiger partial charge in [0.05, 0.1) is 23.3 Å². The molecule has 4 nitrogen and oxygen atoms in total. The fraction of sp³-hybridized carbons (Fsp3) is 0.333. The van der Waals surface area contributed by atoms with Crippen molar-refractivity contribution in [3.63, 3.8) is 0 Å². The highest BCUT2D eigenvalue weighted by molar-refractivity contribution is 6.17. The van der Waals surface area contributed by atoms with Crippen molar-refractivity contribution in [1.29, 1.82) is 0 Å². The van der Waals surface area contributed by atoms with Gasteiger partial charge in [-0.3, -0.25) is 5.01 Å². The van der Waals surface area contributed by atoms with Gasteiger partial charge in [-0.15, -0.1) is 0 Å². The van der Waals surface area contributed by atoms with Crippen molar-refractivity contribution in [3.05, 3.63) is 65.1 Å². The van der Waals surface area contributed by atoms with E-state index in [4.69, 9.17) is 0 Å². The summed E-state index contributed by atoms with van der Waals surface area (Å²) in [7, 11) is 1.92. The number of hydrazone groups is 1. The Morgan fingerprint density at radius 2 is 1.80 bits per heavy atom. The van der Waals surface area contributed by atoms with Crippen LogP contribution in [-0.2, 0) is 6.42 Å². The van der Waals surface area contributed by atoms with E-state index in [1.165, 1.54) is 5.56 Å². The Morgan fingerprint density at radius 1 is 1.12 bits per heavy atom. The van der Waals surface area contributed by atoms with Crippen LogP contribution < -0.4 is 0 Å².